The van der Waals surface area contributed by atoms with Crippen molar-refractivity contribution in [2.75, 3.05) is 0 Å². The largest absolute Gasteiger partial charge is 0.439 e. The lowest BCUT2D eigenvalue weighted by atomic mass is 10.1. The summed E-state index contributed by atoms with van der Waals surface area (Å²) < 4.78 is 6.59. The summed E-state index contributed by atoms with van der Waals surface area (Å²) in [4.78, 5) is 13.6. The van der Waals surface area contributed by atoms with Gasteiger partial charge in [-0.05, 0) is 12.0 Å². The van der Waals surface area contributed by atoms with Gasteiger partial charge in [0.1, 0.15) is 6.07 Å². The maximum absolute atomic E-state index is 11.1. The highest BCUT2D eigenvalue weighted by atomic mass is 16.5. The molecule has 1 N–H and O–H groups in total. The number of rotatable bonds is 3. The minimum absolute atomic E-state index is 0.387. The normalized spacial score (nSPS) is 11.1. The number of aromatic amines is 1. The van der Waals surface area contributed by atoms with Crippen molar-refractivity contribution in [3.63, 3.8) is 0 Å². The average Bonchev–Trinajstić information content (AvgIpc) is 3.02. The van der Waals surface area contributed by atoms with Crippen LogP contribution in [0.1, 0.15) is 19.4 Å². The van der Waals surface area contributed by atoms with Gasteiger partial charge >= 0.3 is 5.76 Å². The van der Waals surface area contributed by atoms with Gasteiger partial charge in [-0.2, -0.15) is 5.26 Å². The van der Waals surface area contributed by atoms with Crippen molar-refractivity contribution in [2.24, 2.45) is 5.92 Å². The van der Waals surface area contributed by atoms with Crippen molar-refractivity contribution in [3.8, 4) is 17.5 Å². The molecule has 0 saturated heterocycles. The predicted molar refractivity (Wildman–Crippen MR) is 77.6 cm³/mol. The zero-order valence-corrected chi connectivity index (χ0v) is 11.8. The van der Waals surface area contributed by atoms with E-state index in [9.17, 15) is 10.1 Å². The van der Waals surface area contributed by atoms with Crippen LogP contribution in [-0.2, 0) is 6.54 Å². The first-order chi connectivity index (χ1) is 10.1. The quantitative estimate of drug-likeness (QED) is 0.799. The molecule has 0 unspecified atom stereocenters. The molecule has 0 amide bonds. The highest BCUT2D eigenvalue weighted by Gasteiger charge is 2.12. The van der Waals surface area contributed by atoms with Crippen LogP contribution in [0.15, 0.2) is 33.7 Å². The van der Waals surface area contributed by atoms with E-state index < -0.39 is 5.76 Å². The predicted octanol–water partition coefficient (Wildman–Crippen LogP) is 2.51. The molecule has 106 valence electrons. The third kappa shape index (κ3) is 2.34. The Labute approximate surface area is 120 Å². The van der Waals surface area contributed by atoms with Gasteiger partial charge in [-0.3, -0.25) is 9.51 Å². The second-order valence-electron chi connectivity index (χ2n) is 5.38. The fraction of sp³-hybridized carbons (Fsp3) is 0.267. The number of nitrogens with zero attached hydrogens (tertiary/aromatic N) is 3. The van der Waals surface area contributed by atoms with Gasteiger partial charge in [0, 0.05) is 23.7 Å². The maximum Gasteiger partial charge on any atom is 0.439 e. The molecule has 0 radical (unpaired) electrons. The number of aromatic nitrogens is 3. The zero-order chi connectivity index (χ0) is 15.0. The summed E-state index contributed by atoms with van der Waals surface area (Å²) in [6.07, 6.45) is 1.86. The molecule has 6 nitrogen and oxygen atoms in total. The number of benzene rings is 1. The van der Waals surface area contributed by atoms with Crippen molar-refractivity contribution in [1.29, 1.82) is 5.26 Å². The third-order valence-electron chi connectivity index (χ3n) is 3.28. The minimum Gasteiger partial charge on any atom is -0.346 e. The van der Waals surface area contributed by atoms with Crippen LogP contribution in [0.5, 0.6) is 0 Å². The van der Waals surface area contributed by atoms with Gasteiger partial charge in [-0.1, -0.05) is 31.1 Å². The van der Waals surface area contributed by atoms with E-state index in [1.807, 2.05) is 24.4 Å². The van der Waals surface area contributed by atoms with Gasteiger partial charge in [0.25, 0.3) is 0 Å². The van der Waals surface area contributed by atoms with Crippen LogP contribution >= 0.6 is 0 Å². The Balaban J connectivity index is 2.19. The number of fused-ring (bicyclic) bond motifs is 1. The smallest absolute Gasteiger partial charge is 0.346 e. The Bertz CT molecular complexity index is 892. The molecule has 0 aliphatic rings. The Kier molecular flexibility index (Phi) is 3.10. The summed E-state index contributed by atoms with van der Waals surface area (Å²) in [7, 11) is 0. The fourth-order valence-corrected chi connectivity index (χ4v) is 2.43. The Hall–Kier alpha value is -2.81. The first kappa shape index (κ1) is 13.2. The van der Waals surface area contributed by atoms with Crippen LogP contribution < -0.4 is 5.76 Å². The van der Waals surface area contributed by atoms with E-state index in [0.717, 1.165) is 23.0 Å². The van der Waals surface area contributed by atoms with Crippen LogP contribution in [0.4, 0.5) is 0 Å². The van der Waals surface area contributed by atoms with E-state index in [2.05, 4.69) is 39.1 Å². The number of H-pyrrole nitrogens is 1. The molecule has 0 aliphatic carbocycles. The van der Waals surface area contributed by atoms with Crippen molar-refractivity contribution >= 4 is 10.9 Å². The zero-order valence-electron chi connectivity index (χ0n) is 11.8. The van der Waals surface area contributed by atoms with Crippen molar-refractivity contribution in [2.45, 2.75) is 20.4 Å². The number of nitriles is 1. The third-order valence-corrected chi connectivity index (χ3v) is 3.28. The summed E-state index contributed by atoms with van der Waals surface area (Å²) >= 11 is 0. The molecule has 1 aromatic carbocycles. The molecule has 2 aromatic heterocycles. The number of hydrogen-bond donors (Lipinski definition) is 1. The summed E-state index contributed by atoms with van der Waals surface area (Å²) in [5.74, 6) is 0.265. The topological polar surface area (TPSA) is 87.6 Å². The van der Waals surface area contributed by atoms with Crippen LogP contribution in [-0.4, -0.2) is 14.7 Å². The standard InChI is InChI=1S/C15H14N4O2/c1-9(2)7-19-8-11(6-16)12-4-3-10(5-13(12)19)14-17-15(20)21-18-14/h3-5,8-9H,7H2,1-2H3,(H,17,18,20). The van der Waals surface area contributed by atoms with E-state index in [1.54, 1.807) is 0 Å². The first-order valence-corrected chi connectivity index (χ1v) is 6.68. The van der Waals surface area contributed by atoms with E-state index in [0.29, 0.717) is 17.3 Å². The van der Waals surface area contributed by atoms with E-state index >= 15 is 0 Å². The van der Waals surface area contributed by atoms with Gasteiger partial charge in [0.15, 0.2) is 5.82 Å². The molecule has 3 aromatic rings. The molecule has 0 saturated carbocycles. The lowest BCUT2D eigenvalue weighted by Crippen LogP contribution is -2.02. The van der Waals surface area contributed by atoms with Gasteiger partial charge in [-0.15, -0.1) is 0 Å². The molecular formula is C15H14N4O2. The van der Waals surface area contributed by atoms with Crippen LogP contribution in [0, 0.1) is 17.2 Å². The van der Waals surface area contributed by atoms with E-state index in [1.165, 1.54) is 0 Å². The van der Waals surface area contributed by atoms with Gasteiger partial charge in [-0.25, -0.2) is 4.79 Å². The Morgan fingerprint density at radius 1 is 1.48 bits per heavy atom. The second kappa shape index (κ2) is 4.94. The van der Waals surface area contributed by atoms with Crippen LogP contribution in [0.3, 0.4) is 0 Å². The summed E-state index contributed by atoms with van der Waals surface area (Å²) in [5.41, 5.74) is 2.34. The molecule has 0 fully saturated rings. The Morgan fingerprint density at radius 2 is 2.29 bits per heavy atom. The molecular weight excluding hydrogens is 268 g/mol. The lowest BCUT2D eigenvalue weighted by molar-refractivity contribution is 0.388. The summed E-state index contributed by atoms with van der Waals surface area (Å²) in [5, 5.41) is 13.8. The number of nitrogens with one attached hydrogen (secondary N) is 1. The van der Waals surface area contributed by atoms with E-state index in [4.69, 9.17) is 0 Å². The molecule has 0 aliphatic heterocycles. The highest BCUT2D eigenvalue weighted by molar-refractivity contribution is 5.89. The first-order valence-electron chi connectivity index (χ1n) is 6.68. The minimum atomic E-state index is -0.583. The van der Waals surface area contributed by atoms with Crippen molar-refractivity contribution < 1.29 is 4.52 Å². The maximum atomic E-state index is 11.1. The van der Waals surface area contributed by atoms with Gasteiger partial charge in [0.2, 0.25) is 0 Å². The van der Waals surface area contributed by atoms with Gasteiger partial charge < -0.3 is 4.57 Å². The van der Waals surface area contributed by atoms with Crippen molar-refractivity contribution in [3.05, 3.63) is 40.5 Å². The molecule has 0 atom stereocenters. The molecule has 21 heavy (non-hydrogen) atoms. The number of hydrogen-bond acceptors (Lipinski definition) is 4. The molecule has 6 heteroatoms. The lowest BCUT2D eigenvalue weighted by Gasteiger charge is -2.08. The average molecular weight is 282 g/mol. The monoisotopic (exact) mass is 282 g/mol. The van der Waals surface area contributed by atoms with Crippen molar-refractivity contribution in [1.82, 2.24) is 14.7 Å². The molecule has 3 rings (SSSR count). The van der Waals surface area contributed by atoms with Gasteiger partial charge in [0.05, 0.1) is 11.1 Å². The second-order valence-corrected chi connectivity index (χ2v) is 5.38. The fourth-order valence-electron chi connectivity index (χ4n) is 2.43. The Morgan fingerprint density at radius 3 is 2.90 bits per heavy atom. The summed E-state index contributed by atoms with van der Waals surface area (Å²) in [6.45, 7) is 5.06. The summed E-state index contributed by atoms with van der Waals surface area (Å²) in [6, 6.07) is 7.81. The van der Waals surface area contributed by atoms with E-state index in [-0.39, 0.29) is 0 Å². The van der Waals surface area contributed by atoms with Crippen LogP contribution in [0.25, 0.3) is 22.3 Å². The SMILES string of the molecule is CC(C)Cn1cc(C#N)c2ccc(-c3noc(=O)[nH]3)cc21. The molecule has 0 spiro atoms. The van der Waals surface area contributed by atoms with Crippen LogP contribution in [0.2, 0.25) is 0 Å². The molecule has 2 heterocycles. The molecule has 0 bridgehead atoms. The highest BCUT2D eigenvalue weighted by Crippen LogP contribution is 2.26.